The number of carbonyl (C=O) groups is 2. The molecule has 3 fully saturated rings. The molecule has 3 aliphatic rings. The molecule has 3 saturated heterocycles. The molecule has 6 nitrogen and oxygen atoms in total. The largest absolute Gasteiger partial charge is 0.334 e. The van der Waals surface area contributed by atoms with Gasteiger partial charge >= 0.3 is 0 Å². The van der Waals surface area contributed by atoms with Gasteiger partial charge in [0.25, 0.3) is 5.91 Å². The van der Waals surface area contributed by atoms with Gasteiger partial charge in [0.1, 0.15) is 0 Å². The Kier molecular flexibility index (Phi) is 4.50. The van der Waals surface area contributed by atoms with Crippen LogP contribution >= 0.6 is 0 Å². The summed E-state index contributed by atoms with van der Waals surface area (Å²) in [6.45, 7) is 7.79. The predicted molar refractivity (Wildman–Crippen MR) is 104 cm³/mol. The lowest BCUT2D eigenvalue weighted by atomic mass is 9.94. The van der Waals surface area contributed by atoms with Crippen LogP contribution in [0.1, 0.15) is 42.7 Å². The third-order valence-corrected chi connectivity index (χ3v) is 5.70. The summed E-state index contributed by atoms with van der Waals surface area (Å²) in [7, 11) is 0. The SMILES string of the molecule is CC(C)=CCN1C(=O)[C@@H]2CC[C@H]1CN(C(=O)c1n[nH]c3ccc(C)cc13)C2. The minimum Gasteiger partial charge on any atom is -0.334 e. The lowest BCUT2D eigenvalue weighted by Gasteiger charge is -2.35. The van der Waals surface area contributed by atoms with E-state index in [0.29, 0.717) is 25.3 Å². The van der Waals surface area contributed by atoms with Gasteiger partial charge in [-0.3, -0.25) is 14.7 Å². The lowest BCUT2D eigenvalue weighted by Crippen LogP contribution is -2.48. The fourth-order valence-electron chi connectivity index (χ4n) is 4.17. The number of aryl methyl sites for hydroxylation is 1. The molecule has 0 saturated carbocycles. The van der Waals surface area contributed by atoms with Crippen LogP contribution in [0.4, 0.5) is 0 Å². The first-order chi connectivity index (χ1) is 12.9. The maximum Gasteiger partial charge on any atom is 0.275 e. The van der Waals surface area contributed by atoms with Gasteiger partial charge in [0.05, 0.1) is 11.4 Å². The molecule has 3 aliphatic heterocycles. The topological polar surface area (TPSA) is 69.3 Å². The first kappa shape index (κ1) is 17.8. The van der Waals surface area contributed by atoms with E-state index in [1.807, 2.05) is 48.8 Å². The molecule has 1 aromatic carbocycles. The molecule has 2 aromatic rings. The number of hydrogen-bond donors (Lipinski definition) is 1. The Balaban J connectivity index is 1.61. The van der Waals surface area contributed by atoms with Crippen molar-refractivity contribution in [2.75, 3.05) is 19.6 Å². The van der Waals surface area contributed by atoms with Gasteiger partial charge < -0.3 is 9.80 Å². The molecule has 4 heterocycles. The molecule has 27 heavy (non-hydrogen) atoms. The summed E-state index contributed by atoms with van der Waals surface area (Å²) in [4.78, 5) is 29.9. The van der Waals surface area contributed by atoms with Crippen molar-refractivity contribution in [3.8, 4) is 0 Å². The monoisotopic (exact) mass is 366 g/mol. The molecule has 1 N–H and O–H groups in total. The minimum absolute atomic E-state index is 0.0828. The predicted octanol–water partition coefficient (Wildman–Crippen LogP) is 2.90. The Bertz CT molecular complexity index is 925. The van der Waals surface area contributed by atoms with Gasteiger partial charge in [-0.05, 0) is 45.7 Å². The first-order valence-electron chi connectivity index (χ1n) is 9.62. The van der Waals surface area contributed by atoms with Crippen molar-refractivity contribution in [1.29, 1.82) is 0 Å². The van der Waals surface area contributed by atoms with Crippen molar-refractivity contribution in [1.82, 2.24) is 20.0 Å². The van der Waals surface area contributed by atoms with E-state index in [9.17, 15) is 9.59 Å². The Morgan fingerprint density at radius 3 is 2.89 bits per heavy atom. The van der Waals surface area contributed by atoms with Crippen LogP contribution in [-0.4, -0.2) is 57.5 Å². The molecule has 2 atom stereocenters. The molecule has 0 unspecified atom stereocenters. The average molecular weight is 366 g/mol. The number of rotatable bonds is 3. The average Bonchev–Trinajstić information content (AvgIpc) is 2.84. The van der Waals surface area contributed by atoms with Gasteiger partial charge in [0, 0.05) is 31.1 Å². The highest BCUT2D eigenvalue weighted by Crippen LogP contribution is 2.30. The second-order valence-corrected chi connectivity index (χ2v) is 8.03. The van der Waals surface area contributed by atoms with Crippen molar-refractivity contribution in [2.45, 2.75) is 39.7 Å². The summed E-state index contributed by atoms with van der Waals surface area (Å²) >= 11 is 0. The molecular formula is C21H26N4O2. The number of amides is 2. The molecule has 2 amide bonds. The zero-order valence-electron chi connectivity index (χ0n) is 16.2. The van der Waals surface area contributed by atoms with E-state index in [2.05, 4.69) is 16.3 Å². The quantitative estimate of drug-likeness (QED) is 0.849. The van der Waals surface area contributed by atoms with E-state index in [1.165, 1.54) is 5.57 Å². The number of fused-ring (bicyclic) bond motifs is 5. The van der Waals surface area contributed by atoms with Crippen LogP contribution in [-0.2, 0) is 4.79 Å². The van der Waals surface area contributed by atoms with E-state index in [0.717, 1.165) is 29.3 Å². The van der Waals surface area contributed by atoms with Crippen LogP contribution < -0.4 is 0 Å². The van der Waals surface area contributed by atoms with Gasteiger partial charge in [-0.15, -0.1) is 0 Å². The fraction of sp³-hybridized carbons (Fsp3) is 0.476. The van der Waals surface area contributed by atoms with Gasteiger partial charge in [0.15, 0.2) is 5.69 Å². The van der Waals surface area contributed by atoms with Crippen LogP contribution in [0.5, 0.6) is 0 Å². The number of H-pyrrole nitrogens is 1. The Hall–Kier alpha value is -2.63. The molecule has 6 heteroatoms. The smallest absolute Gasteiger partial charge is 0.275 e. The van der Waals surface area contributed by atoms with E-state index in [4.69, 9.17) is 0 Å². The number of allylic oxidation sites excluding steroid dienone is 1. The number of carbonyl (C=O) groups excluding carboxylic acids is 2. The number of aromatic amines is 1. The number of aromatic nitrogens is 2. The highest BCUT2D eigenvalue weighted by molar-refractivity contribution is 6.05. The molecule has 142 valence electrons. The molecule has 5 rings (SSSR count). The maximum atomic E-state index is 13.2. The number of piperidine rings is 1. The third-order valence-electron chi connectivity index (χ3n) is 5.70. The van der Waals surface area contributed by atoms with E-state index in [1.54, 1.807) is 0 Å². The summed E-state index contributed by atoms with van der Waals surface area (Å²) in [5.74, 6) is -0.00685. The first-order valence-corrected chi connectivity index (χ1v) is 9.62. The molecule has 0 spiro atoms. The van der Waals surface area contributed by atoms with Gasteiger partial charge in [0.2, 0.25) is 5.91 Å². The Morgan fingerprint density at radius 2 is 2.11 bits per heavy atom. The zero-order chi connectivity index (χ0) is 19.1. The normalized spacial score (nSPS) is 22.3. The third kappa shape index (κ3) is 3.24. The second-order valence-electron chi connectivity index (χ2n) is 8.03. The molecule has 0 radical (unpaired) electrons. The van der Waals surface area contributed by atoms with Crippen molar-refractivity contribution < 1.29 is 9.59 Å². The van der Waals surface area contributed by atoms with Gasteiger partial charge in [-0.1, -0.05) is 23.3 Å². The van der Waals surface area contributed by atoms with E-state index < -0.39 is 0 Å². The van der Waals surface area contributed by atoms with Gasteiger partial charge in [-0.2, -0.15) is 5.10 Å². The summed E-state index contributed by atoms with van der Waals surface area (Å²) in [5, 5.41) is 8.09. The Labute approximate surface area is 159 Å². The molecule has 2 bridgehead atoms. The minimum atomic E-state index is -0.106. The zero-order valence-corrected chi connectivity index (χ0v) is 16.2. The van der Waals surface area contributed by atoms with Crippen molar-refractivity contribution >= 4 is 22.7 Å². The molecule has 0 aliphatic carbocycles. The number of benzene rings is 1. The fourth-order valence-corrected chi connectivity index (χ4v) is 4.17. The maximum absolute atomic E-state index is 13.2. The highest BCUT2D eigenvalue weighted by atomic mass is 16.2. The van der Waals surface area contributed by atoms with Crippen LogP contribution in [0, 0.1) is 12.8 Å². The summed E-state index contributed by atoms with van der Waals surface area (Å²) in [6.07, 6.45) is 3.91. The highest BCUT2D eigenvalue weighted by Gasteiger charge is 2.42. The lowest BCUT2D eigenvalue weighted by molar-refractivity contribution is -0.139. The summed E-state index contributed by atoms with van der Waals surface area (Å²) < 4.78 is 0. The van der Waals surface area contributed by atoms with Crippen molar-refractivity contribution in [3.05, 3.63) is 41.1 Å². The number of hydrogen-bond acceptors (Lipinski definition) is 3. The molecular weight excluding hydrogens is 340 g/mol. The second kappa shape index (κ2) is 6.83. The summed E-state index contributed by atoms with van der Waals surface area (Å²) in [5.41, 5.74) is 3.62. The van der Waals surface area contributed by atoms with Gasteiger partial charge in [-0.25, -0.2) is 0 Å². The number of nitrogens with one attached hydrogen (secondary N) is 1. The van der Waals surface area contributed by atoms with Crippen molar-refractivity contribution in [2.24, 2.45) is 5.92 Å². The summed E-state index contributed by atoms with van der Waals surface area (Å²) in [6, 6.07) is 6.03. The van der Waals surface area contributed by atoms with Crippen LogP contribution in [0.25, 0.3) is 10.9 Å². The van der Waals surface area contributed by atoms with Crippen molar-refractivity contribution in [3.63, 3.8) is 0 Å². The number of nitrogens with zero attached hydrogens (tertiary/aromatic N) is 3. The Morgan fingerprint density at radius 1 is 1.30 bits per heavy atom. The van der Waals surface area contributed by atoms with Crippen LogP contribution in [0.3, 0.4) is 0 Å². The van der Waals surface area contributed by atoms with E-state index >= 15 is 0 Å². The van der Waals surface area contributed by atoms with Crippen LogP contribution in [0.2, 0.25) is 0 Å². The standard InChI is InChI=1S/C21H26N4O2/c1-13(2)8-9-25-16-6-5-15(20(25)26)11-24(12-16)21(27)19-17-10-14(3)4-7-18(17)22-23-19/h4,7-8,10,15-16H,5-6,9,11-12H2,1-3H3,(H,22,23)/t15-,16+/m1/s1. The van der Waals surface area contributed by atoms with Crippen LogP contribution in [0.15, 0.2) is 29.8 Å². The van der Waals surface area contributed by atoms with E-state index in [-0.39, 0.29) is 23.8 Å². The molecule has 1 aromatic heterocycles.